The number of hydrogen-bond donors (Lipinski definition) is 1. The van der Waals surface area contributed by atoms with Gasteiger partial charge in [0.15, 0.2) is 5.82 Å². The second-order valence-corrected chi connectivity index (χ2v) is 6.01. The van der Waals surface area contributed by atoms with E-state index in [1.54, 1.807) is 0 Å². The summed E-state index contributed by atoms with van der Waals surface area (Å²) >= 11 is 1.99. The maximum atomic E-state index is 5.37. The minimum atomic E-state index is 0.421. The molecule has 1 atom stereocenters. The summed E-state index contributed by atoms with van der Waals surface area (Å²) in [5.41, 5.74) is 0. The highest BCUT2D eigenvalue weighted by atomic mass is 32.2. The van der Waals surface area contributed by atoms with Crippen molar-refractivity contribution in [2.45, 2.75) is 31.2 Å². The lowest BCUT2D eigenvalue weighted by atomic mass is 10.00. The van der Waals surface area contributed by atoms with Crippen LogP contribution < -0.4 is 5.32 Å². The highest BCUT2D eigenvalue weighted by Gasteiger charge is 2.23. The van der Waals surface area contributed by atoms with E-state index in [1.807, 2.05) is 11.8 Å². The van der Waals surface area contributed by atoms with Crippen molar-refractivity contribution in [3.63, 3.8) is 0 Å². The third-order valence-corrected chi connectivity index (χ3v) is 4.62. The Morgan fingerprint density at radius 2 is 2.22 bits per heavy atom. The molecule has 5 nitrogen and oxygen atoms in total. The topological polar surface area (TPSA) is 60.2 Å². The normalized spacial score (nSPS) is 26.3. The van der Waals surface area contributed by atoms with Crippen LogP contribution in [0.15, 0.2) is 4.52 Å². The van der Waals surface area contributed by atoms with Crippen molar-refractivity contribution in [1.82, 2.24) is 15.5 Å². The van der Waals surface area contributed by atoms with Gasteiger partial charge in [-0.25, -0.2) is 0 Å². The molecule has 2 aliphatic heterocycles. The second kappa shape index (κ2) is 6.04. The molecule has 1 N–H and O–H groups in total. The van der Waals surface area contributed by atoms with E-state index in [-0.39, 0.29) is 0 Å². The fourth-order valence-corrected chi connectivity index (χ4v) is 3.38. The molecule has 0 saturated carbocycles. The predicted molar refractivity (Wildman–Crippen MR) is 69.9 cm³/mol. The van der Waals surface area contributed by atoms with E-state index in [9.17, 15) is 0 Å². The molecule has 1 unspecified atom stereocenters. The van der Waals surface area contributed by atoms with Gasteiger partial charge in [0.05, 0.1) is 0 Å². The van der Waals surface area contributed by atoms with Crippen molar-refractivity contribution >= 4 is 11.8 Å². The van der Waals surface area contributed by atoms with Crippen LogP contribution in [0.3, 0.4) is 0 Å². The number of rotatable bonds is 3. The average molecular weight is 269 g/mol. The van der Waals surface area contributed by atoms with E-state index in [1.165, 1.54) is 5.75 Å². The monoisotopic (exact) mass is 269 g/mol. The first kappa shape index (κ1) is 12.4. The summed E-state index contributed by atoms with van der Waals surface area (Å²) < 4.78 is 10.7. The van der Waals surface area contributed by atoms with Gasteiger partial charge < -0.3 is 14.6 Å². The van der Waals surface area contributed by atoms with E-state index in [0.29, 0.717) is 12.0 Å². The fourth-order valence-electron chi connectivity index (χ4n) is 2.43. The zero-order valence-electron chi connectivity index (χ0n) is 10.4. The van der Waals surface area contributed by atoms with Gasteiger partial charge in [-0.1, -0.05) is 5.16 Å². The van der Waals surface area contributed by atoms with E-state index in [4.69, 9.17) is 9.26 Å². The Morgan fingerprint density at radius 1 is 1.33 bits per heavy atom. The molecular formula is C12H19N3O2S. The number of nitrogens with one attached hydrogen (secondary N) is 1. The first-order valence-corrected chi connectivity index (χ1v) is 7.78. The molecule has 1 aromatic heterocycles. The Balaban J connectivity index is 1.58. The molecule has 1 aromatic rings. The minimum absolute atomic E-state index is 0.421. The molecule has 18 heavy (non-hydrogen) atoms. The lowest BCUT2D eigenvalue weighted by molar-refractivity contribution is 0.0830. The van der Waals surface area contributed by atoms with Crippen LogP contribution in [0.4, 0.5) is 0 Å². The molecule has 0 spiro atoms. The van der Waals surface area contributed by atoms with Gasteiger partial charge >= 0.3 is 0 Å². The lowest BCUT2D eigenvalue weighted by Gasteiger charge is -2.21. The molecule has 3 heterocycles. The Morgan fingerprint density at radius 3 is 3.00 bits per heavy atom. The highest BCUT2D eigenvalue weighted by molar-refractivity contribution is 7.99. The van der Waals surface area contributed by atoms with E-state index in [0.717, 1.165) is 56.5 Å². The molecule has 100 valence electrons. The SMILES string of the molecule is C1CSCC(Cc2nc(C3CCOCC3)no2)N1. The fraction of sp³-hybridized carbons (Fsp3) is 0.833. The van der Waals surface area contributed by atoms with Gasteiger partial charge in [-0.3, -0.25) is 0 Å². The summed E-state index contributed by atoms with van der Waals surface area (Å²) in [6.07, 6.45) is 2.87. The Hall–Kier alpha value is -0.590. The molecule has 2 fully saturated rings. The van der Waals surface area contributed by atoms with Gasteiger partial charge in [-0.2, -0.15) is 16.7 Å². The largest absolute Gasteiger partial charge is 0.381 e. The van der Waals surface area contributed by atoms with E-state index in [2.05, 4.69) is 15.5 Å². The smallest absolute Gasteiger partial charge is 0.228 e. The van der Waals surface area contributed by atoms with Crippen LogP contribution >= 0.6 is 11.8 Å². The molecule has 0 bridgehead atoms. The Bertz CT molecular complexity index is 373. The number of thioether (sulfide) groups is 1. The van der Waals surface area contributed by atoms with Gasteiger partial charge in [0.1, 0.15) is 0 Å². The first-order valence-electron chi connectivity index (χ1n) is 6.63. The Kier molecular flexibility index (Phi) is 4.17. The third-order valence-electron chi connectivity index (χ3n) is 3.49. The van der Waals surface area contributed by atoms with Crippen LogP contribution in [-0.4, -0.2) is 47.4 Å². The van der Waals surface area contributed by atoms with Gasteiger partial charge in [0.25, 0.3) is 0 Å². The van der Waals surface area contributed by atoms with Crippen molar-refractivity contribution in [3.8, 4) is 0 Å². The summed E-state index contributed by atoms with van der Waals surface area (Å²) in [6.45, 7) is 2.71. The molecule has 0 aromatic carbocycles. The van der Waals surface area contributed by atoms with Crippen LogP contribution in [-0.2, 0) is 11.2 Å². The van der Waals surface area contributed by atoms with Crippen molar-refractivity contribution in [2.75, 3.05) is 31.3 Å². The van der Waals surface area contributed by atoms with Gasteiger partial charge in [0, 0.05) is 49.6 Å². The molecule has 0 amide bonds. The molecule has 2 aliphatic rings. The average Bonchev–Trinajstić information content (AvgIpc) is 2.89. The van der Waals surface area contributed by atoms with Gasteiger partial charge in [0.2, 0.25) is 5.89 Å². The summed E-state index contributed by atoms with van der Waals surface area (Å²) in [7, 11) is 0. The highest BCUT2D eigenvalue weighted by Crippen LogP contribution is 2.24. The maximum Gasteiger partial charge on any atom is 0.228 e. The standard InChI is InChI=1S/C12H19N3O2S/c1-4-16-5-2-9(1)12-14-11(17-15-12)7-10-8-18-6-3-13-10/h9-10,13H,1-8H2. The van der Waals surface area contributed by atoms with Gasteiger partial charge in [-0.15, -0.1) is 0 Å². The summed E-state index contributed by atoms with van der Waals surface area (Å²) in [4.78, 5) is 4.55. The molecule has 0 aliphatic carbocycles. The zero-order valence-corrected chi connectivity index (χ0v) is 11.2. The molecule has 0 radical (unpaired) electrons. The van der Waals surface area contributed by atoms with Crippen LogP contribution in [0.5, 0.6) is 0 Å². The quantitative estimate of drug-likeness (QED) is 0.890. The van der Waals surface area contributed by atoms with Crippen molar-refractivity contribution in [3.05, 3.63) is 11.7 Å². The second-order valence-electron chi connectivity index (χ2n) is 4.86. The van der Waals surface area contributed by atoms with Crippen LogP contribution in [0.2, 0.25) is 0 Å². The number of aromatic nitrogens is 2. The molecule has 6 heteroatoms. The van der Waals surface area contributed by atoms with Crippen molar-refractivity contribution < 1.29 is 9.26 Å². The zero-order chi connectivity index (χ0) is 12.2. The minimum Gasteiger partial charge on any atom is -0.381 e. The molecular weight excluding hydrogens is 250 g/mol. The van der Waals surface area contributed by atoms with Crippen molar-refractivity contribution in [2.24, 2.45) is 0 Å². The van der Waals surface area contributed by atoms with Gasteiger partial charge in [-0.05, 0) is 12.8 Å². The van der Waals surface area contributed by atoms with E-state index < -0.39 is 0 Å². The van der Waals surface area contributed by atoms with Crippen LogP contribution in [0, 0.1) is 0 Å². The van der Waals surface area contributed by atoms with Crippen molar-refractivity contribution in [1.29, 1.82) is 0 Å². The van der Waals surface area contributed by atoms with E-state index >= 15 is 0 Å². The molecule has 3 rings (SSSR count). The Labute approximate surface area is 111 Å². The summed E-state index contributed by atoms with van der Waals surface area (Å²) in [6, 6.07) is 0.478. The number of ether oxygens (including phenoxy) is 1. The predicted octanol–water partition coefficient (Wildman–Crippen LogP) is 1.21. The van der Waals surface area contributed by atoms with Crippen LogP contribution in [0.1, 0.15) is 30.5 Å². The van der Waals surface area contributed by atoms with Crippen LogP contribution in [0.25, 0.3) is 0 Å². The summed E-state index contributed by atoms with van der Waals surface area (Å²) in [5, 5.41) is 7.62. The lowest BCUT2D eigenvalue weighted by Crippen LogP contribution is -2.38. The maximum absolute atomic E-state index is 5.37. The summed E-state index contributed by atoms with van der Waals surface area (Å²) in [5.74, 6) is 4.40. The third kappa shape index (κ3) is 3.05. The first-order chi connectivity index (χ1) is 8.92. The number of nitrogens with zero attached hydrogens (tertiary/aromatic N) is 2. The number of hydrogen-bond acceptors (Lipinski definition) is 6. The molecule has 2 saturated heterocycles.